The largest absolute Gasteiger partial charge is 0.494 e. The molecule has 0 bridgehead atoms. The van der Waals surface area contributed by atoms with Crippen LogP contribution >= 0.6 is 0 Å². The predicted molar refractivity (Wildman–Crippen MR) is 41.4 cm³/mol. The zero-order valence-electron chi connectivity index (χ0n) is 6.36. The standard InChI is InChI=1S/C7H12N2O2/c1-5(8)4-9-6(10)2-3-7(9)11/h2-3,5,10-11H,4,8H2,1H3. The summed E-state index contributed by atoms with van der Waals surface area (Å²) in [6.07, 6.45) is 0. The first-order chi connectivity index (χ1) is 5.11. The summed E-state index contributed by atoms with van der Waals surface area (Å²) < 4.78 is 1.35. The highest BCUT2D eigenvalue weighted by Crippen LogP contribution is 2.20. The molecule has 0 saturated carbocycles. The topological polar surface area (TPSA) is 71.4 Å². The van der Waals surface area contributed by atoms with Gasteiger partial charge in [0.25, 0.3) is 0 Å². The Morgan fingerprint density at radius 1 is 1.45 bits per heavy atom. The molecule has 4 nitrogen and oxygen atoms in total. The van der Waals surface area contributed by atoms with E-state index in [1.807, 2.05) is 0 Å². The van der Waals surface area contributed by atoms with Crippen molar-refractivity contribution in [2.75, 3.05) is 0 Å². The van der Waals surface area contributed by atoms with E-state index in [1.54, 1.807) is 6.92 Å². The minimum Gasteiger partial charge on any atom is -0.494 e. The van der Waals surface area contributed by atoms with Gasteiger partial charge in [-0.25, -0.2) is 0 Å². The molecule has 4 N–H and O–H groups in total. The predicted octanol–water partition coefficient (Wildman–Crippen LogP) is 0.246. The molecular weight excluding hydrogens is 144 g/mol. The highest BCUT2D eigenvalue weighted by atomic mass is 16.3. The van der Waals surface area contributed by atoms with Gasteiger partial charge < -0.3 is 15.9 Å². The van der Waals surface area contributed by atoms with Gasteiger partial charge in [-0.2, -0.15) is 0 Å². The quantitative estimate of drug-likeness (QED) is 0.574. The van der Waals surface area contributed by atoms with Crippen LogP contribution in [0.4, 0.5) is 0 Å². The van der Waals surface area contributed by atoms with Crippen LogP contribution in [0.5, 0.6) is 11.8 Å². The highest BCUT2D eigenvalue weighted by molar-refractivity contribution is 5.23. The lowest BCUT2D eigenvalue weighted by Gasteiger charge is -2.08. The van der Waals surface area contributed by atoms with Crippen molar-refractivity contribution in [3.63, 3.8) is 0 Å². The van der Waals surface area contributed by atoms with Gasteiger partial charge in [0.1, 0.15) is 0 Å². The molecule has 0 amide bonds. The molecular formula is C7H12N2O2. The SMILES string of the molecule is CC(N)Cn1c(O)ccc1O. The highest BCUT2D eigenvalue weighted by Gasteiger charge is 2.06. The van der Waals surface area contributed by atoms with Gasteiger partial charge in [0.2, 0.25) is 0 Å². The maximum atomic E-state index is 9.13. The first-order valence-electron chi connectivity index (χ1n) is 3.44. The van der Waals surface area contributed by atoms with Crippen LogP contribution < -0.4 is 5.73 Å². The van der Waals surface area contributed by atoms with Crippen molar-refractivity contribution >= 4 is 0 Å². The third-order valence-electron chi connectivity index (χ3n) is 1.41. The summed E-state index contributed by atoms with van der Waals surface area (Å²) in [6.45, 7) is 2.23. The van der Waals surface area contributed by atoms with Crippen molar-refractivity contribution < 1.29 is 10.2 Å². The smallest absolute Gasteiger partial charge is 0.193 e. The van der Waals surface area contributed by atoms with E-state index < -0.39 is 0 Å². The van der Waals surface area contributed by atoms with Crippen LogP contribution in [0.25, 0.3) is 0 Å². The normalized spacial score (nSPS) is 13.3. The van der Waals surface area contributed by atoms with Crippen LogP contribution in [0.2, 0.25) is 0 Å². The molecule has 0 saturated heterocycles. The van der Waals surface area contributed by atoms with Crippen molar-refractivity contribution in [3.05, 3.63) is 12.1 Å². The van der Waals surface area contributed by atoms with Gasteiger partial charge in [-0.05, 0) is 6.92 Å². The van der Waals surface area contributed by atoms with Gasteiger partial charge in [-0.3, -0.25) is 4.57 Å². The van der Waals surface area contributed by atoms with Crippen molar-refractivity contribution in [1.29, 1.82) is 0 Å². The maximum Gasteiger partial charge on any atom is 0.193 e. The molecule has 1 heterocycles. The van der Waals surface area contributed by atoms with Crippen LogP contribution in [0.15, 0.2) is 12.1 Å². The third-order valence-corrected chi connectivity index (χ3v) is 1.41. The first-order valence-corrected chi connectivity index (χ1v) is 3.44. The van der Waals surface area contributed by atoms with Gasteiger partial charge in [-0.15, -0.1) is 0 Å². The molecule has 0 fully saturated rings. The Morgan fingerprint density at radius 2 is 1.91 bits per heavy atom. The average Bonchev–Trinajstić information content (AvgIpc) is 2.18. The molecule has 0 radical (unpaired) electrons. The second-order valence-electron chi connectivity index (χ2n) is 2.64. The zero-order valence-corrected chi connectivity index (χ0v) is 6.36. The summed E-state index contributed by atoms with van der Waals surface area (Å²) >= 11 is 0. The summed E-state index contributed by atoms with van der Waals surface area (Å²) in [6, 6.07) is 2.77. The molecule has 62 valence electrons. The molecule has 0 aliphatic heterocycles. The van der Waals surface area contributed by atoms with E-state index in [9.17, 15) is 0 Å². The van der Waals surface area contributed by atoms with E-state index in [2.05, 4.69) is 0 Å². The van der Waals surface area contributed by atoms with E-state index in [0.717, 1.165) is 0 Å². The fourth-order valence-electron chi connectivity index (χ4n) is 0.921. The van der Waals surface area contributed by atoms with Crippen molar-refractivity contribution in [1.82, 2.24) is 4.57 Å². The van der Waals surface area contributed by atoms with E-state index >= 15 is 0 Å². The summed E-state index contributed by atoms with van der Waals surface area (Å²) in [5, 5.41) is 18.3. The van der Waals surface area contributed by atoms with Gasteiger partial charge >= 0.3 is 0 Å². The van der Waals surface area contributed by atoms with E-state index in [1.165, 1.54) is 16.7 Å². The molecule has 0 aliphatic carbocycles. The minimum absolute atomic E-state index is 0.0415. The zero-order chi connectivity index (χ0) is 8.43. The van der Waals surface area contributed by atoms with Crippen LogP contribution in [0.3, 0.4) is 0 Å². The van der Waals surface area contributed by atoms with Gasteiger partial charge in [-0.1, -0.05) is 0 Å². The number of rotatable bonds is 2. The second kappa shape index (κ2) is 2.84. The number of nitrogens with zero attached hydrogens (tertiary/aromatic N) is 1. The van der Waals surface area contributed by atoms with Crippen LogP contribution in [0, 0.1) is 0 Å². The molecule has 4 heteroatoms. The summed E-state index contributed by atoms with van der Waals surface area (Å²) in [7, 11) is 0. The van der Waals surface area contributed by atoms with Crippen LogP contribution in [-0.2, 0) is 6.54 Å². The monoisotopic (exact) mass is 156 g/mol. The number of hydrogen-bond acceptors (Lipinski definition) is 3. The lowest BCUT2D eigenvalue weighted by atomic mass is 10.4. The third kappa shape index (κ3) is 1.65. The maximum absolute atomic E-state index is 9.13. The number of hydrogen-bond donors (Lipinski definition) is 3. The van der Waals surface area contributed by atoms with E-state index in [4.69, 9.17) is 15.9 Å². The molecule has 1 atom stereocenters. The van der Waals surface area contributed by atoms with E-state index in [-0.39, 0.29) is 17.8 Å². The molecule has 1 aromatic heterocycles. The number of aromatic nitrogens is 1. The summed E-state index contributed by atoms with van der Waals surface area (Å²) in [4.78, 5) is 0. The Labute approximate surface area is 64.9 Å². The fraction of sp³-hybridized carbons (Fsp3) is 0.429. The van der Waals surface area contributed by atoms with Crippen LogP contribution in [0.1, 0.15) is 6.92 Å². The minimum atomic E-state index is -0.0841. The number of nitrogens with two attached hydrogens (primary N) is 1. The lowest BCUT2D eigenvalue weighted by Crippen LogP contribution is -2.21. The van der Waals surface area contributed by atoms with Gasteiger partial charge in [0.15, 0.2) is 11.8 Å². The Kier molecular flexibility index (Phi) is 2.05. The van der Waals surface area contributed by atoms with Crippen molar-refractivity contribution in [3.8, 4) is 11.8 Å². The van der Waals surface area contributed by atoms with E-state index in [0.29, 0.717) is 6.54 Å². The molecule has 1 aromatic rings. The Balaban J connectivity index is 2.83. The molecule has 11 heavy (non-hydrogen) atoms. The summed E-state index contributed by atoms with van der Waals surface area (Å²) in [5.41, 5.74) is 5.48. The van der Waals surface area contributed by atoms with Gasteiger partial charge in [0, 0.05) is 24.7 Å². The van der Waals surface area contributed by atoms with Crippen molar-refractivity contribution in [2.24, 2.45) is 5.73 Å². The Bertz CT molecular complexity index is 223. The molecule has 0 aliphatic rings. The first kappa shape index (κ1) is 7.94. The molecule has 0 aromatic carbocycles. The fourth-order valence-corrected chi connectivity index (χ4v) is 0.921. The Hall–Kier alpha value is -1.16. The lowest BCUT2D eigenvalue weighted by molar-refractivity contribution is 0.358. The second-order valence-corrected chi connectivity index (χ2v) is 2.64. The van der Waals surface area contributed by atoms with Gasteiger partial charge in [0.05, 0.1) is 0 Å². The van der Waals surface area contributed by atoms with Crippen LogP contribution in [-0.4, -0.2) is 20.8 Å². The summed E-state index contributed by atoms with van der Waals surface area (Å²) in [5.74, 6) is 0.0830. The molecule has 0 spiro atoms. The average molecular weight is 156 g/mol. The molecule has 1 rings (SSSR count). The Morgan fingerprint density at radius 3 is 2.27 bits per heavy atom. The van der Waals surface area contributed by atoms with Crippen molar-refractivity contribution in [2.45, 2.75) is 19.5 Å². The number of aromatic hydroxyl groups is 2. The molecule has 1 unspecified atom stereocenters.